The molecule has 2 rings (SSSR count). The van der Waals surface area contributed by atoms with Gasteiger partial charge in [0.15, 0.2) is 0 Å². The van der Waals surface area contributed by atoms with E-state index in [2.05, 4.69) is 15.9 Å². The topological polar surface area (TPSA) is 29.5 Å². The van der Waals surface area contributed by atoms with Crippen LogP contribution in [0.25, 0.3) is 0 Å². The molecule has 1 aliphatic rings. The van der Waals surface area contributed by atoms with Gasteiger partial charge in [0, 0.05) is 24.7 Å². The third kappa shape index (κ3) is 3.30. The number of rotatable bonds is 3. The van der Waals surface area contributed by atoms with Crippen molar-refractivity contribution in [2.75, 3.05) is 20.2 Å². The van der Waals surface area contributed by atoms with Crippen molar-refractivity contribution in [2.45, 2.75) is 25.4 Å². The molecule has 0 N–H and O–H groups in total. The van der Waals surface area contributed by atoms with E-state index in [0.717, 1.165) is 28.8 Å². The highest BCUT2D eigenvalue weighted by molar-refractivity contribution is 9.10. The molecule has 1 aromatic heterocycles. The normalized spacial score (nSPS) is 20.2. The number of hydrogen-bond acceptors (Lipinski definition) is 3. The number of carbonyl (C=O) groups excluding carboxylic acids is 1. The van der Waals surface area contributed by atoms with E-state index in [4.69, 9.17) is 4.74 Å². The fourth-order valence-corrected chi connectivity index (χ4v) is 3.49. The van der Waals surface area contributed by atoms with E-state index in [0.29, 0.717) is 6.54 Å². The third-order valence-electron chi connectivity index (χ3n) is 2.91. The molecular formula is C12H16BrNO2S. The fourth-order valence-electron chi connectivity index (χ4n) is 1.96. The van der Waals surface area contributed by atoms with Gasteiger partial charge in [-0.2, -0.15) is 0 Å². The molecule has 1 amide bonds. The minimum absolute atomic E-state index is 0.0704. The zero-order valence-corrected chi connectivity index (χ0v) is 12.2. The molecule has 1 aromatic rings. The molecule has 0 radical (unpaired) electrons. The molecule has 3 nitrogen and oxygen atoms in total. The van der Waals surface area contributed by atoms with Crippen molar-refractivity contribution in [3.05, 3.63) is 20.8 Å². The van der Waals surface area contributed by atoms with Crippen LogP contribution in [-0.2, 0) is 4.74 Å². The van der Waals surface area contributed by atoms with Gasteiger partial charge in [0.2, 0.25) is 0 Å². The Balaban J connectivity index is 1.93. The molecular weight excluding hydrogens is 302 g/mol. The number of ether oxygens (including phenoxy) is 1. The summed E-state index contributed by atoms with van der Waals surface area (Å²) in [5, 5.41) is 1.92. The molecule has 0 saturated carbocycles. The first-order valence-corrected chi connectivity index (χ1v) is 7.46. The Hall–Kier alpha value is -0.390. The van der Waals surface area contributed by atoms with Gasteiger partial charge in [0.1, 0.15) is 4.88 Å². The number of thiophene rings is 1. The molecule has 1 atom stereocenters. The number of carbonyl (C=O) groups is 1. The Morgan fingerprint density at radius 2 is 2.47 bits per heavy atom. The number of amides is 1. The van der Waals surface area contributed by atoms with E-state index >= 15 is 0 Å². The highest BCUT2D eigenvalue weighted by Gasteiger charge is 2.21. The van der Waals surface area contributed by atoms with Gasteiger partial charge in [-0.15, -0.1) is 11.3 Å². The lowest BCUT2D eigenvalue weighted by Crippen LogP contribution is -2.36. The van der Waals surface area contributed by atoms with Crippen molar-refractivity contribution in [1.29, 1.82) is 0 Å². The smallest absolute Gasteiger partial charge is 0.264 e. The van der Waals surface area contributed by atoms with Crippen LogP contribution in [0.4, 0.5) is 0 Å². The van der Waals surface area contributed by atoms with Crippen molar-refractivity contribution in [1.82, 2.24) is 4.90 Å². The zero-order chi connectivity index (χ0) is 12.3. The van der Waals surface area contributed by atoms with Gasteiger partial charge >= 0.3 is 0 Å². The van der Waals surface area contributed by atoms with Crippen LogP contribution >= 0.6 is 27.3 Å². The van der Waals surface area contributed by atoms with E-state index in [-0.39, 0.29) is 12.0 Å². The second-order valence-electron chi connectivity index (χ2n) is 4.27. The maximum Gasteiger partial charge on any atom is 0.264 e. The SMILES string of the molecule is CN(CC1CCCCO1)C(=O)c1sccc1Br. The molecule has 0 bridgehead atoms. The van der Waals surface area contributed by atoms with E-state index < -0.39 is 0 Å². The lowest BCUT2D eigenvalue weighted by molar-refractivity contribution is -0.000115. The van der Waals surface area contributed by atoms with Gasteiger partial charge in [-0.1, -0.05) is 0 Å². The Bertz CT molecular complexity index is 388. The molecule has 0 spiro atoms. The Morgan fingerprint density at radius 1 is 1.65 bits per heavy atom. The molecule has 0 aromatic carbocycles. The van der Waals surface area contributed by atoms with E-state index in [1.807, 2.05) is 18.5 Å². The zero-order valence-electron chi connectivity index (χ0n) is 9.82. The second-order valence-corrected chi connectivity index (χ2v) is 6.04. The number of halogens is 1. The molecule has 1 saturated heterocycles. The van der Waals surface area contributed by atoms with Gasteiger partial charge in [0.25, 0.3) is 5.91 Å². The predicted octanol–water partition coefficient (Wildman–Crippen LogP) is 3.15. The summed E-state index contributed by atoms with van der Waals surface area (Å²) in [6, 6.07) is 1.91. The second kappa shape index (κ2) is 5.98. The van der Waals surface area contributed by atoms with Crippen LogP contribution in [0.1, 0.15) is 28.9 Å². The largest absolute Gasteiger partial charge is 0.376 e. The Kier molecular flexibility index (Phi) is 4.59. The predicted molar refractivity (Wildman–Crippen MR) is 72.6 cm³/mol. The first-order valence-electron chi connectivity index (χ1n) is 5.78. The summed E-state index contributed by atoms with van der Waals surface area (Å²) in [6.07, 6.45) is 3.61. The van der Waals surface area contributed by atoms with Crippen molar-refractivity contribution < 1.29 is 9.53 Å². The minimum atomic E-state index is 0.0704. The van der Waals surface area contributed by atoms with Crippen LogP contribution in [0.5, 0.6) is 0 Å². The lowest BCUT2D eigenvalue weighted by atomic mass is 10.1. The van der Waals surface area contributed by atoms with Crippen LogP contribution in [-0.4, -0.2) is 37.1 Å². The number of nitrogens with zero attached hydrogens (tertiary/aromatic N) is 1. The summed E-state index contributed by atoms with van der Waals surface area (Å²) < 4.78 is 6.52. The van der Waals surface area contributed by atoms with Crippen LogP contribution in [0.2, 0.25) is 0 Å². The molecule has 1 unspecified atom stereocenters. The highest BCUT2D eigenvalue weighted by atomic mass is 79.9. The average Bonchev–Trinajstić information content (AvgIpc) is 2.76. The summed E-state index contributed by atoms with van der Waals surface area (Å²) in [6.45, 7) is 1.51. The molecule has 17 heavy (non-hydrogen) atoms. The maximum atomic E-state index is 12.2. The summed E-state index contributed by atoms with van der Waals surface area (Å²) in [5.74, 6) is 0.0704. The summed E-state index contributed by atoms with van der Waals surface area (Å²) in [5.41, 5.74) is 0. The monoisotopic (exact) mass is 317 g/mol. The van der Waals surface area contributed by atoms with Gasteiger partial charge in [-0.3, -0.25) is 4.79 Å². The van der Waals surface area contributed by atoms with Crippen LogP contribution in [0.3, 0.4) is 0 Å². The van der Waals surface area contributed by atoms with Crippen molar-refractivity contribution in [2.24, 2.45) is 0 Å². The summed E-state index contributed by atoms with van der Waals surface area (Å²) in [7, 11) is 1.84. The first-order chi connectivity index (χ1) is 8.18. The molecule has 2 heterocycles. The summed E-state index contributed by atoms with van der Waals surface area (Å²) in [4.78, 5) is 14.7. The van der Waals surface area contributed by atoms with Crippen LogP contribution < -0.4 is 0 Å². The van der Waals surface area contributed by atoms with Crippen LogP contribution in [0, 0.1) is 0 Å². The van der Waals surface area contributed by atoms with Gasteiger partial charge in [-0.05, 0) is 46.6 Å². The Morgan fingerprint density at radius 3 is 3.06 bits per heavy atom. The van der Waals surface area contributed by atoms with Crippen LogP contribution in [0.15, 0.2) is 15.9 Å². The molecule has 94 valence electrons. The standard InChI is InChI=1S/C12H16BrNO2S/c1-14(8-9-4-2-3-6-16-9)12(15)11-10(13)5-7-17-11/h5,7,9H,2-4,6,8H2,1H3. The van der Waals surface area contributed by atoms with E-state index in [1.165, 1.54) is 17.8 Å². The van der Waals surface area contributed by atoms with Gasteiger partial charge < -0.3 is 9.64 Å². The quantitative estimate of drug-likeness (QED) is 0.857. The van der Waals surface area contributed by atoms with Gasteiger partial charge in [-0.25, -0.2) is 0 Å². The Labute approximate surface area is 114 Å². The molecule has 0 aliphatic carbocycles. The number of likely N-dealkylation sites (N-methyl/N-ethyl adjacent to an activating group) is 1. The third-order valence-corrected chi connectivity index (χ3v) is 4.74. The van der Waals surface area contributed by atoms with E-state index in [9.17, 15) is 4.79 Å². The fraction of sp³-hybridized carbons (Fsp3) is 0.583. The average molecular weight is 318 g/mol. The molecule has 1 fully saturated rings. The van der Waals surface area contributed by atoms with Crippen molar-refractivity contribution in [3.8, 4) is 0 Å². The van der Waals surface area contributed by atoms with E-state index in [1.54, 1.807) is 4.90 Å². The van der Waals surface area contributed by atoms with Gasteiger partial charge in [0.05, 0.1) is 6.10 Å². The number of hydrogen-bond donors (Lipinski definition) is 0. The lowest BCUT2D eigenvalue weighted by Gasteiger charge is -2.27. The first kappa shape index (κ1) is 13.1. The molecule has 5 heteroatoms. The van der Waals surface area contributed by atoms with Crippen molar-refractivity contribution >= 4 is 33.2 Å². The minimum Gasteiger partial charge on any atom is -0.376 e. The molecule has 1 aliphatic heterocycles. The highest BCUT2D eigenvalue weighted by Crippen LogP contribution is 2.24. The maximum absolute atomic E-state index is 12.2. The van der Waals surface area contributed by atoms with Crippen molar-refractivity contribution in [3.63, 3.8) is 0 Å². The summed E-state index contributed by atoms with van der Waals surface area (Å²) >= 11 is 4.86.